The van der Waals surface area contributed by atoms with E-state index < -0.39 is 0 Å². The first kappa shape index (κ1) is 10.2. The van der Waals surface area contributed by atoms with Crippen LogP contribution in [0.25, 0.3) is 10.9 Å². The van der Waals surface area contributed by atoms with Crippen LogP contribution < -0.4 is 0 Å². The predicted molar refractivity (Wildman–Crippen MR) is 58.2 cm³/mol. The van der Waals surface area contributed by atoms with Crippen LogP contribution in [0, 0.1) is 5.82 Å². The van der Waals surface area contributed by atoms with E-state index in [0.717, 1.165) is 11.2 Å². The van der Waals surface area contributed by atoms with Crippen molar-refractivity contribution in [3.05, 3.63) is 35.8 Å². The van der Waals surface area contributed by atoms with Gasteiger partial charge in [-0.2, -0.15) is 0 Å². The topological polar surface area (TPSA) is 25.0 Å². The van der Waals surface area contributed by atoms with Gasteiger partial charge in [-0.3, -0.25) is 0 Å². The van der Waals surface area contributed by atoms with E-state index in [9.17, 15) is 4.39 Å². The number of halogens is 1. The number of hydrogen-bond acceptors (Lipinski definition) is 1. The SMILES string of the molecule is CC(C)OCc1cc2c(F)cccc2[nH]1. The molecule has 1 heterocycles. The summed E-state index contributed by atoms with van der Waals surface area (Å²) in [5, 5.41) is 0.625. The zero-order valence-corrected chi connectivity index (χ0v) is 8.88. The van der Waals surface area contributed by atoms with Crippen LogP contribution in [0.1, 0.15) is 19.5 Å². The molecule has 1 N–H and O–H groups in total. The summed E-state index contributed by atoms with van der Waals surface area (Å²) in [5.41, 5.74) is 1.72. The number of ether oxygens (including phenoxy) is 1. The lowest BCUT2D eigenvalue weighted by Crippen LogP contribution is -2.02. The normalized spacial score (nSPS) is 11.5. The minimum atomic E-state index is -0.195. The Balaban J connectivity index is 2.27. The maximum atomic E-state index is 13.3. The third kappa shape index (κ3) is 2.18. The van der Waals surface area contributed by atoms with Gasteiger partial charge in [0.1, 0.15) is 5.82 Å². The molecule has 15 heavy (non-hydrogen) atoms. The Morgan fingerprint density at radius 1 is 1.40 bits per heavy atom. The van der Waals surface area contributed by atoms with Crippen LogP contribution in [0.3, 0.4) is 0 Å². The lowest BCUT2D eigenvalue weighted by molar-refractivity contribution is 0.0639. The van der Waals surface area contributed by atoms with Gasteiger partial charge in [0.05, 0.1) is 12.7 Å². The van der Waals surface area contributed by atoms with E-state index in [-0.39, 0.29) is 11.9 Å². The minimum Gasteiger partial charge on any atom is -0.373 e. The number of H-pyrrole nitrogens is 1. The van der Waals surface area contributed by atoms with Crippen LogP contribution in [0.15, 0.2) is 24.3 Å². The Morgan fingerprint density at radius 3 is 2.87 bits per heavy atom. The highest BCUT2D eigenvalue weighted by molar-refractivity contribution is 5.80. The van der Waals surface area contributed by atoms with Crippen molar-refractivity contribution in [1.82, 2.24) is 4.98 Å². The van der Waals surface area contributed by atoms with Crippen molar-refractivity contribution >= 4 is 10.9 Å². The summed E-state index contributed by atoms with van der Waals surface area (Å²) in [6, 6.07) is 6.81. The molecule has 0 aliphatic rings. The Kier molecular flexibility index (Phi) is 2.73. The smallest absolute Gasteiger partial charge is 0.132 e. The van der Waals surface area contributed by atoms with Gasteiger partial charge in [0.25, 0.3) is 0 Å². The second-order valence-corrected chi connectivity index (χ2v) is 3.86. The lowest BCUT2D eigenvalue weighted by atomic mass is 10.2. The van der Waals surface area contributed by atoms with Crippen LogP contribution in [0.2, 0.25) is 0 Å². The van der Waals surface area contributed by atoms with Crippen molar-refractivity contribution in [2.24, 2.45) is 0 Å². The Hall–Kier alpha value is -1.35. The number of rotatable bonds is 3. The molecule has 2 nitrogen and oxygen atoms in total. The zero-order chi connectivity index (χ0) is 10.8. The maximum Gasteiger partial charge on any atom is 0.132 e. The number of aromatic amines is 1. The second-order valence-electron chi connectivity index (χ2n) is 3.86. The molecule has 80 valence electrons. The first-order valence-electron chi connectivity index (χ1n) is 5.04. The number of aromatic nitrogens is 1. The average molecular weight is 207 g/mol. The number of benzene rings is 1. The molecule has 0 aliphatic carbocycles. The summed E-state index contributed by atoms with van der Waals surface area (Å²) in [7, 11) is 0. The van der Waals surface area contributed by atoms with Crippen LogP contribution in [0.5, 0.6) is 0 Å². The molecule has 1 aromatic carbocycles. The van der Waals surface area contributed by atoms with Crippen LogP contribution in [-0.2, 0) is 11.3 Å². The predicted octanol–water partition coefficient (Wildman–Crippen LogP) is 3.23. The molecule has 0 unspecified atom stereocenters. The number of hydrogen-bond donors (Lipinski definition) is 1. The molecule has 0 amide bonds. The number of fused-ring (bicyclic) bond motifs is 1. The summed E-state index contributed by atoms with van der Waals surface area (Å²) in [4.78, 5) is 3.13. The van der Waals surface area contributed by atoms with E-state index in [1.54, 1.807) is 12.1 Å². The first-order chi connectivity index (χ1) is 7.16. The Labute approximate surface area is 88.1 Å². The van der Waals surface area contributed by atoms with Crippen LogP contribution in [-0.4, -0.2) is 11.1 Å². The molecule has 0 saturated heterocycles. The molecule has 2 rings (SSSR count). The van der Waals surface area contributed by atoms with Crippen molar-refractivity contribution in [2.75, 3.05) is 0 Å². The third-order valence-corrected chi connectivity index (χ3v) is 2.24. The third-order valence-electron chi connectivity index (χ3n) is 2.24. The van der Waals surface area contributed by atoms with Crippen molar-refractivity contribution in [3.8, 4) is 0 Å². The fraction of sp³-hybridized carbons (Fsp3) is 0.333. The molecule has 0 radical (unpaired) electrons. The molecule has 3 heteroatoms. The maximum absolute atomic E-state index is 13.3. The van der Waals surface area contributed by atoms with E-state index in [1.807, 2.05) is 19.9 Å². The molecule has 0 bridgehead atoms. The fourth-order valence-corrected chi connectivity index (χ4v) is 1.51. The second kappa shape index (κ2) is 4.03. The largest absolute Gasteiger partial charge is 0.373 e. The highest BCUT2D eigenvalue weighted by Crippen LogP contribution is 2.19. The lowest BCUT2D eigenvalue weighted by Gasteiger charge is -2.04. The van der Waals surface area contributed by atoms with Gasteiger partial charge in [0.2, 0.25) is 0 Å². The molecule has 0 spiro atoms. The van der Waals surface area contributed by atoms with Crippen LogP contribution in [0.4, 0.5) is 4.39 Å². The quantitative estimate of drug-likeness (QED) is 0.821. The van der Waals surface area contributed by atoms with E-state index in [2.05, 4.69) is 4.98 Å². The molecule has 0 atom stereocenters. The van der Waals surface area contributed by atoms with Gasteiger partial charge in [0, 0.05) is 16.6 Å². The Bertz CT molecular complexity index is 462. The number of nitrogens with one attached hydrogen (secondary N) is 1. The van der Waals surface area contributed by atoms with Crippen molar-refractivity contribution in [3.63, 3.8) is 0 Å². The van der Waals surface area contributed by atoms with E-state index in [4.69, 9.17) is 4.74 Å². The van der Waals surface area contributed by atoms with Crippen molar-refractivity contribution in [1.29, 1.82) is 0 Å². The minimum absolute atomic E-state index is 0.182. The summed E-state index contributed by atoms with van der Waals surface area (Å²) in [5.74, 6) is -0.195. The molecular formula is C12H14FNO. The van der Waals surface area contributed by atoms with Gasteiger partial charge in [-0.15, -0.1) is 0 Å². The van der Waals surface area contributed by atoms with E-state index >= 15 is 0 Å². The average Bonchev–Trinajstić information content (AvgIpc) is 2.59. The van der Waals surface area contributed by atoms with Gasteiger partial charge in [-0.05, 0) is 32.0 Å². The standard InChI is InChI=1S/C12H14FNO/c1-8(2)15-7-9-6-10-11(13)4-3-5-12(10)14-9/h3-6,8,14H,7H2,1-2H3. The molecule has 0 fully saturated rings. The summed E-state index contributed by atoms with van der Waals surface area (Å²) < 4.78 is 18.8. The van der Waals surface area contributed by atoms with Crippen LogP contribution >= 0.6 is 0 Å². The van der Waals surface area contributed by atoms with E-state index in [1.165, 1.54) is 6.07 Å². The van der Waals surface area contributed by atoms with Crippen molar-refractivity contribution < 1.29 is 9.13 Å². The van der Waals surface area contributed by atoms with Gasteiger partial charge < -0.3 is 9.72 Å². The molecule has 0 aliphatic heterocycles. The molecule has 1 aromatic heterocycles. The van der Waals surface area contributed by atoms with E-state index in [0.29, 0.717) is 12.0 Å². The van der Waals surface area contributed by atoms with Crippen molar-refractivity contribution in [2.45, 2.75) is 26.6 Å². The highest BCUT2D eigenvalue weighted by Gasteiger charge is 2.05. The fourth-order valence-electron chi connectivity index (χ4n) is 1.51. The molecule has 0 saturated carbocycles. The summed E-state index contributed by atoms with van der Waals surface area (Å²) in [6.07, 6.45) is 0.182. The molecule has 2 aromatic rings. The molecular weight excluding hydrogens is 193 g/mol. The van der Waals surface area contributed by atoms with Gasteiger partial charge in [-0.1, -0.05) is 6.07 Å². The zero-order valence-electron chi connectivity index (χ0n) is 8.88. The van der Waals surface area contributed by atoms with Gasteiger partial charge in [-0.25, -0.2) is 4.39 Å². The Morgan fingerprint density at radius 2 is 2.20 bits per heavy atom. The summed E-state index contributed by atoms with van der Waals surface area (Å²) >= 11 is 0. The highest BCUT2D eigenvalue weighted by atomic mass is 19.1. The summed E-state index contributed by atoms with van der Waals surface area (Å²) in [6.45, 7) is 4.44. The van der Waals surface area contributed by atoms with Gasteiger partial charge in [0.15, 0.2) is 0 Å². The first-order valence-corrected chi connectivity index (χ1v) is 5.04. The monoisotopic (exact) mass is 207 g/mol. The van der Waals surface area contributed by atoms with Gasteiger partial charge >= 0.3 is 0 Å².